The Balaban J connectivity index is 1.39. The largest absolute Gasteiger partial charge is 0.376 e. The molecule has 1 aromatic carbocycles. The van der Waals surface area contributed by atoms with Crippen LogP contribution in [-0.4, -0.2) is 61.6 Å². The second-order valence-corrected chi connectivity index (χ2v) is 9.56. The molecule has 0 bridgehead atoms. The van der Waals surface area contributed by atoms with Crippen LogP contribution in [0.1, 0.15) is 62.5 Å². The normalized spacial score (nSPS) is 26.1. The van der Waals surface area contributed by atoms with Gasteiger partial charge in [0.25, 0.3) is 0 Å². The van der Waals surface area contributed by atoms with Crippen molar-refractivity contribution in [2.75, 3.05) is 27.2 Å². The van der Waals surface area contributed by atoms with Gasteiger partial charge >= 0.3 is 0 Å². The third-order valence-electron chi connectivity index (χ3n) is 7.01. The van der Waals surface area contributed by atoms with E-state index in [9.17, 15) is 9.59 Å². The summed E-state index contributed by atoms with van der Waals surface area (Å²) in [6, 6.07) is 9.04. The number of aryl methyl sites for hydroxylation is 1. The third kappa shape index (κ3) is 7.04. The van der Waals surface area contributed by atoms with Crippen LogP contribution in [0.3, 0.4) is 0 Å². The minimum absolute atomic E-state index is 0.0202. The van der Waals surface area contributed by atoms with Gasteiger partial charge in [0, 0.05) is 37.6 Å². The highest BCUT2D eigenvalue weighted by Gasteiger charge is 2.37. The second kappa shape index (κ2) is 11.1. The average molecular weight is 430 g/mol. The highest BCUT2D eigenvalue weighted by molar-refractivity contribution is 5.83. The zero-order valence-electron chi connectivity index (χ0n) is 19.4. The smallest absolute Gasteiger partial charge is 0.220 e. The van der Waals surface area contributed by atoms with Crippen molar-refractivity contribution in [2.45, 2.75) is 82.4 Å². The highest BCUT2D eigenvalue weighted by atomic mass is 16.5. The summed E-state index contributed by atoms with van der Waals surface area (Å²) >= 11 is 0. The van der Waals surface area contributed by atoms with Crippen molar-refractivity contribution in [3.63, 3.8) is 0 Å². The molecule has 2 amide bonds. The van der Waals surface area contributed by atoms with Crippen LogP contribution in [0.5, 0.6) is 0 Å². The Morgan fingerprint density at radius 3 is 2.35 bits per heavy atom. The molecule has 1 atom stereocenters. The summed E-state index contributed by atoms with van der Waals surface area (Å²) in [7, 11) is 4.34. The van der Waals surface area contributed by atoms with Gasteiger partial charge in [-0.15, -0.1) is 0 Å². The number of benzene rings is 1. The number of likely N-dealkylation sites (N-methyl/N-ethyl adjacent to an activating group) is 1. The molecule has 0 radical (unpaired) electrons. The van der Waals surface area contributed by atoms with Crippen molar-refractivity contribution in [1.82, 2.24) is 15.5 Å². The Morgan fingerprint density at radius 2 is 1.74 bits per heavy atom. The monoisotopic (exact) mass is 429 g/mol. The summed E-state index contributed by atoms with van der Waals surface area (Å²) in [5, 5.41) is 6.04. The van der Waals surface area contributed by atoms with Crippen molar-refractivity contribution in [3.05, 3.63) is 35.4 Å². The summed E-state index contributed by atoms with van der Waals surface area (Å²) in [5.74, 6) is -0.0906. The van der Waals surface area contributed by atoms with Gasteiger partial charge in [-0.25, -0.2) is 0 Å². The maximum absolute atomic E-state index is 12.4. The van der Waals surface area contributed by atoms with Gasteiger partial charge in [-0.3, -0.25) is 9.59 Å². The quantitative estimate of drug-likeness (QED) is 0.633. The van der Waals surface area contributed by atoms with Crippen molar-refractivity contribution in [3.8, 4) is 0 Å². The molecule has 3 rings (SSSR count). The Labute approximate surface area is 187 Å². The number of hydrogen-bond acceptors (Lipinski definition) is 4. The summed E-state index contributed by atoms with van der Waals surface area (Å²) < 4.78 is 5.51. The predicted molar refractivity (Wildman–Crippen MR) is 123 cm³/mol. The van der Waals surface area contributed by atoms with Gasteiger partial charge in [0.1, 0.15) is 0 Å². The zero-order chi connectivity index (χ0) is 22.3. The molecule has 1 unspecified atom stereocenters. The molecule has 31 heavy (non-hydrogen) atoms. The summed E-state index contributed by atoms with van der Waals surface area (Å²) in [5.41, 5.74) is 2.80. The average Bonchev–Trinajstić information content (AvgIpc) is 3.27. The van der Waals surface area contributed by atoms with Crippen LogP contribution in [0.4, 0.5) is 0 Å². The van der Waals surface area contributed by atoms with Gasteiger partial charge in [-0.1, -0.05) is 29.8 Å². The van der Waals surface area contributed by atoms with E-state index in [0.29, 0.717) is 6.54 Å². The van der Waals surface area contributed by atoms with Crippen molar-refractivity contribution >= 4 is 11.8 Å². The lowest BCUT2D eigenvalue weighted by Gasteiger charge is -2.45. The van der Waals surface area contributed by atoms with E-state index in [4.69, 9.17) is 4.74 Å². The standard InChI is InChI=1S/C25H39N3O3/c1-19-6-8-20(9-7-19)17-25(28(2)3)14-12-21(13-15-25)27-24(30)11-10-23(29)26-18-22-5-4-16-31-22/h6-9,21-22H,4-5,10-18H2,1-3H3,(H,26,29)(H,27,30). The summed E-state index contributed by atoms with van der Waals surface area (Å²) in [6.07, 6.45) is 7.77. The van der Waals surface area contributed by atoms with E-state index in [2.05, 4.69) is 60.8 Å². The van der Waals surface area contributed by atoms with E-state index in [1.165, 1.54) is 11.1 Å². The number of carbonyl (C=O) groups is 2. The Morgan fingerprint density at radius 1 is 1.06 bits per heavy atom. The fourth-order valence-electron chi connectivity index (χ4n) is 4.82. The molecule has 1 saturated carbocycles. The first-order valence-electron chi connectivity index (χ1n) is 11.8. The van der Waals surface area contributed by atoms with Crippen molar-refractivity contribution < 1.29 is 14.3 Å². The van der Waals surface area contributed by atoms with Gasteiger partial charge in [-0.2, -0.15) is 0 Å². The topological polar surface area (TPSA) is 70.7 Å². The SMILES string of the molecule is Cc1ccc(CC2(N(C)C)CCC(NC(=O)CCC(=O)NCC3CCCO3)CC2)cc1. The first-order valence-corrected chi connectivity index (χ1v) is 11.8. The Hall–Kier alpha value is -1.92. The molecule has 0 aromatic heterocycles. The first-order chi connectivity index (χ1) is 14.9. The van der Waals surface area contributed by atoms with Crippen LogP contribution in [-0.2, 0) is 20.7 Å². The van der Waals surface area contributed by atoms with E-state index in [0.717, 1.165) is 51.6 Å². The molecule has 1 saturated heterocycles. The molecule has 1 aliphatic carbocycles. The van der Waals surface area contributed by atoms with Crippen LogP contribution in [0, 0.1) is 6.92 Å². The minimum atomic E-state index is -0.0704. The fourth-order valence-corrected chi connectivity index (χ4v) is 4.82. The van der Waals surface area contributed by atoms with Gasteiger partial charge < -0.3 is 20.3 Å². The van der Waals surface area contributed by atoms with Crippen molar-refractivity contribution in [1.29, 1.82) is 0 Å². The molecule has 2 N–H and O–H groups in total. The lowest BCUT2D eigenvalue weighted by Crippen LogP contribution is -2.52. The lowest BCUT2D eigenvalue weighted by molar-refractivity contribution is -0.127. The van der Waals surface area contributed by atoms with E-state index in [-0.39, 0.29) is 42.3 Å². The van der Waals surface area contributed by atoms with E-state index >= 15 is 0 Å². The van der Waals surface area contributed by atoms with Gasteiger partial charge in [0.05, 0.1) is 6.10 Å². The molecule has 1 aromatic rings. The molecule has 6 heteroatoms. The Bertz CT molecular complexity index is 718. The maximum atomic E-state index is 12.4. The summed E-state index contributed by atoms with van der Waals surface area (Å²) in [6.45, 7) is 3.45. The van der Waals surface area contributed by atoms with E-state index in [1.807, 2.05) is 0 Å². The third-order valence-corrected chi connectivity index (χ3v) is 7.01. The van der Waals surface area contributed by atoms with Crippen LogP contribution >= 0.6 is 0 Å². The number of amides is 2. The number of hydrogen-bond donors (Lipinski definition) is 2. The second-order valence-electron chi connectivity index (χ2n) is 9.56. The number of rotatable bonds is 9. The van der Waals surface area contributed by atoms with Crippen molar-refractivity contribution in [2.24, 2.45) is 0 Å². The van der Waals surface area contributed by atoms with E-state index in [1.54, 1.807) is 0 Å². The van der Waals surface area contributed by atoms with Gasteiger partial charge in [0.15, 0.2) is 0 Å². The predicted octanol–water partition coefficient (Wildman–Crippen LogP) is 2.97. The van der Waals surface area contributed by atoms with Gasteiger partial charge in [-0.05, 0) is 71.5 Å². The molecule has 6 nitrogen and oxygen atoms in total. The van der Waals surface area contributed by atoms with Crippen LogP contribution in [0.2, 0.25) is 0 Å². The minimum Gasteiger partial charge on any atom is -0.376 e. The molecule has 1 heterocycles. The van der Waals surface area contributed by atoms with Crippen LogP contribution in [0.15, 0.2) is 24.3 Å². The molecule has 0 spiro atoms. The lowest BCUT2D eigenvalue weighted by atomic mass is 9.74. The zero-order valence-corrected chi connectivity index (χ0v) is 19.4. The maximum Gasteiger partial charge on any atom is 0.220 e. The highest BCUT2D eigenvalue weighted by Crippen LogP contribution is 2.35. The molecular weight excluding hydrogens is 390 g/mol. The molecular formula is C25H39N3O3. The van der Waals surface area contributed by atoms with Crippen LogP contribution < -0.4 is 10.6 Å². The van der Waals surface area contributed by atoms with Crippen LogP contribution in [0.25, 0.3) is 0 Å². The van der Waals surface area contributed by atoms with Gasteiger partial charge in [0.2, 0.25) is 11.8 Å². The molecule has 2 aliphatic rings. The van der Waals surface area contributed by atoms with E-state index < -0.39 is 0 Å². The number of ether oxygens (including phenoxy) is 1. The number of carbonyl (C=O) groups excluding carboxylic acids is 2. The molecule has 172 valence electrons. The summed E-state index contributed by atoms with van der Waals surface area (Å²) in [4.78, 5) is 26.7. The number of nitrogens with zero attached hydrogens (tertiary/aromatic N) is 1. The fraction of sp³-hybridized carbons (Fsp3) is 0.680. The Kier molecular flexibility index (Phi) is 8.50. The number of nitrogens with one attached hydrogen (secondary N) is 2. The molecule has 1 aliphatic heterocycles. The molecule has 2 fully saturated rings. The first kappa shape index (κ1) is 23.7.